The molecule has 0 saturated heterocycles. The van der Waals surface area contributed by atoms with Gasteiger partial charge in [0.1, 0.15) is 5.75 Å². The van der Waals surface area contributed by atoms with Gasteiger partial charge in [-0.05, 0) is 51.0 Å². The van der Waals surface area contributed by atoms with E-state index in [9.17, 15) is 4.79 Å². The Morgan fingerprint density at radius 1 is 1.35 bits per heavy atom. The molecule has 0 fully saturated rings. The van der Waals surface area contributed by atoms with Gasteiger partial charge < -0.3 is 15.0 Å². The number of primary amides is 1. The Kier molecular flexibility index (Phi) is 5.65. The largest absolute Gasteiger partial charge is 0.483 e. The number of hydrogen-bond acceptors (Lipinski definition) is 5. The minimum Gasteiger partial charge on any atom is -0.483 e. The summed E-state index contributed by atoms with van der Waals surface area (Å²) in [5.74, 6) is 1.35. The molecule has 2 aromatic rings. The molecule has 6 nitrogen and oxygen atoms in total. The highest BCUT2D eigenvalue weighted by Crippen LogP contribution is 2.25. The number of nitrogens with two attached hydrogens (primary N) is 1. The maximum absolute atomic E-state index is 10.9. The van der Waals surface area contributed by atoms with E-state index >= 15 is 0 Å². The van der Waals surface area contributed by atoms with Crippen LogP contribution in [0.2, 0.25) is 0 Å². The van der Waals surface area contributed by atoms with E-state index < -0.39 is 0 Å². The molecular formula is C16H22N4O2S. The van der Waals surface area contributed by atoms with Gasteiger partial charge in [-0.1, -0.05) is 17.8 Å². The van der Waals surface area contributed by atoms with Crippen molar-refractivity contribution in [1.29, 1.82) is 0 Å². The molecule has 1 aromatic heterocycles. The van der Waals surface area contributed by atoms with Crippen molar-refractivity contribution in [1.82, 2.24) is 14.8 Å². The summed E-state index contributed by atoms with van der Waals surface area (Å²) < 4.78 is 7.94. The Morgan fingerprint density at radius 2 is 2.09 bits per heavy atom. The smallest absolute Gasteiger partial charge is 0.227 e. The number of carbonyl (C=O) groups excluding carboxylic acids is 1. The molecule has 0 aliphatic heterocycles. The van der Waals surface area contributed by atoms with Crippen LogP contribution in [0.3, 0.4) is 0 Å². The van der Waals surface area contributed by atoms with E-state index in [1.807, 2.05) is 36.6 Å². The fourth-order valence-electron chi connectivity index (χ4n) is 2.18. The van der Waals surface area contributed by atoms with Gasteiger partial charge in [0.2, 0.25) is 5.91 Å². The van der Waals surface area contributed by atoms with Crippen molar-refractivity contribution in [2.24, 2.45) is 5.73 Å². The van der Waals surface area contributed by atoms with Crippen LogP contribution in [0.5, 0.6) is 5.75 Å². The monoisotopic (exact) mass is 334 g/mol. The summed E-state index contributed by atoms with van der Waals surface area (Å²) >= 11 is 1.29. The summed E-state index contributed by atoms with van der Waals surface area (Å²) in [4.78, 5) is 10.9. The number of ether oxygens (including phenoxy) is 1. The molecule has 0 radical (unpaired) electrons. The van der Waals surface area contributed by atoms with Gasteiger partial charge >= 0.3 is 0 Å². The van der Waals surface area contributed by atoms with Crippen molar-refractivity contribution < 1.29 is 9.53 Å². The fraction of sp³-hybridized carbons (Fsp3) is 0.438. The Labute approximate surface area is 140 Å². The van der Waals surface area contributed by atoms with E-state index in [0.29, 0.717) is 11.7 Å². The van der Waals surface area contributed by atoms with E-state index in [2.05, 4.69) is 24.0 Å². The average Bonchev–Trinajstić information content (AvgIpc) is 2.91. The molecule has 0 aliphatic carbocycles. The third kappa shape index (κ3) is 4.25. The van der Waals surface area contributed by atoms with Crippen LogP contribution in [-0.2, 0) is 11.3 Å². The Hall–Kier alpha value is -2.02. The zero-order chi connectivity index (χ0) is 17.0. The highest BCUT2D eigenvalue weighted by atomic mass is 32.2. The number of amides is 1. The average molecular weight is 334 g/mol. The van der Waals surface area contributed by atoms with E-state index in [-0.39, 0.29) is 17.8 Å². The van der Waals surface area contributed by atoms with Crippen molar-refractivity contribution in [2.75, 3.05) is 5.75 Å². The van der Waals surface area contributed by atoms with Gasteiger partial charge in [0.05, 0.1) is 5.75 Å². The van der Waals surface area contributed by atoms with Gasteiger partial charge in [0, 0.05) is 6.54 Å². The Morgan fingerprint density at radius 3 is 2.70 bits per heavy atom. The van der Waals surface area contributed by atoms with Crippen molar-refractivity contribution in [3.63, 3.8) is 0 Å². The molecule has 0 aliphatic rings. The normalized spacial score (nSPS) is 12.2. The molecule has 0 bridgehead atoms. The highest BCUT2D eigenvalue weighted by Gasteiger charge is 2.19. The molecule has 1 amide bonds. The molecular weight excluding hydrogens is 312 g/mol. The molecule has 0 spiro atoms. The Bertz CT molecular complexity index is 699. The molecule has 0 saturated carbocycles. The first-order chi connectivity index (χ1) is 10.9. The first-order valence-electron chi connectivity index (χ1n) is 7.50. The molecule has 7 heteroatoms. The van der Waals surface area contributed by atoms with Crippen LogP contribution in [0, 0.1) is 13.8 Å². The predicted molar refractivity (Wildman–Crippen MR) is 90.6 cm³/mol. The zero-order valence-corrected chi connectivity index (χ0v) is 14.7. The van der Waals surface area contributed by atoms with E-state index in [4.69, 9.17) is 10.5 Å². The number of benzene rings is 1. The standard InChI is InChI=1S/C16H22N4O2S/c1-5-20-15(18-19-16(20)23-9-14(17)21)12(4)22-13-7-6-10(2)11(3)8-13/h6-8,12H,5,9H2,1-4H3,(H2,17,21)/t12-/m1/s1. The van der Waals surface area contributed by atoms with Crippen LogP contribution in [0.1, 0.15) is 36.9 Å². The maximum atomic E-state index is 10.9. The minimum atomic E-state index is -0.373. The predicted octanol–water partition coefficient (Wildman–Crippen LogP) is 2.63. The summed E-state index contributed by atoms with van der Waals surface area (Å²) in [7, 11) is 0. The van der Waals surface area contributed by atoms with Gasteiger partial charge in [-0.15, -0.1) is 10.2 Å². The Balaban J connectivity index is 2.16. The molecule has 2 rings (SSSR count). The summed E-state index contributed by atoms with van der Waals surface area (Å²) in [5.41, 5.74) is 7.60. The molecule has 23 heavy (non-hydrogen) atoms. The minimum absolute atomic E-state index is 0.185. The van der Waals surface area contributed by atoms with E-state index in [0.717, 1.165) is 11.6 Å². The third-order valence-electron chi connectivity index (χ3n) is 3.56. The number of hydrogen-bond donors (Lipinski definition) is 1. The second-order valence-corrected chi connectivity index (χ2v) is 6.29. The first-order valence-corrected chi connectivity index (χ1v) is 8.49. The van der Waals surface area contributed by atoms with Gasteiger partial charge in [0.25, 0.3) is 0 Å². The highest BCUT2D eigenvalue weighted by molar-refractivity contribution is 7.99. The zero-order valence-electron chi connectivity index (χ0n) is 13.9. The first kappa shape index (κ1) is 17.3. The summed E-state index contributed by atoms with van der Waals surface area (Å²) in [6, 6.07) is 6.01. The van der Waals surface area contributed by atoms with Crippen LogP contribution in [-0.4, -0.2) is 26.4 Å². The third-order valence-corrected chi connectivity index (χ3v) is 4.55. The van der Waals surface area contributed by atoms with Gasteiger partial charge in [-0.2, -0.15) is 0 Å². The lowest BCUT2D eigenvalue weighted by molar-refractivity contribution is -0.115. The lowest BCUT2D eigenvalue weighted by Gasteiger charge is -2.16. The number of aryl methyl sites for hydroxylation is 2. The molecule has 1 heterocycles. The number of carbonyl (C=O) groups is 1. The number of thioether (sulfide) groups is 1. The topological polar surface area (TPSA) is 83.0 Å². The van der Waals surface area contributed by atoms with Crippen molar-refractivity contribution >= 4 is 17.7 Å². The molecule has 124 valence electrons. The number of nitrogens with zero attached hydrogens (tertiary/aromatic N) is 3. The lowest BCUT2D eigenvalue weighted by Crippen LogP contribution is -2.15. The van der Waals surface area contributed by atoms with Crippen LogP contribution in [0.4, 0.5) is 0 Å². The van der Waals surface area contributed by atoms with E-state index in [1.165, 1.54) is 22.9 Å². The van der Waals surface area contributed by atoms with Gasteiger partial charge in [-0.3, -0.25) is 4.79 Å². The SMILES string of the molecule is CCn1c(SCC(N)=O)nnc1[C@@H](C)Oc1ccc(C)c(C)c1. The van der Waals surface area contributed by atoms with Crippen LogP contribution < -0.4 is 10.5 Å². The molecule has 1 atom stereocenters. The summed E-state index contributed by atoms with van der Waals surface area (Å²) in [6.07, 6.45) is -0.243. The summed E-state index contributed by atoms with van der Waals surface area (Å²) in [5, 5.41) is 9.04. The lowest BCUT2D eigenvalue weighted by atomic mass is 10.1. The molecule has 2 N–H and O–H groups in total. The molecule has 0 unspecified atom stereocenters. The second kappa shape index (κ2) is 7.50. The van der Waals surface area contributed by atoms with Crippen molar-refractivity contribution in [3.05, 3.63) is 35.2 Å². The van der Waals surface area contributed by atoms with Crippen LogP contribution in [0.15, 0.2) is 23.4 Å². The van der Waals surface area contributed by atoms with Crippen molar-refractivity contribution in [3.8, 4) is 5.75 Å². The maximum Gasteiger partial charge on any atom is 0.227 e. The number of aromatic nitrogens is 3. The second-order valence-electron chi connectivity index (χ2n) is 5.35. The van der Waals surface area contributed by atoms with E-state index in [1.54, 1.807) is 0 Å². The summed E-state index contributed by atoms with van der Waals surface area (Å²) in [6.45, 7) is 8.76. The quantitative estimate of drug-likeness (QED) is 0.787. The fourth-order valence-corrected chi connectivity index (χ4v) is 2.93. The van der Waals surface area contributed by atoms with Crippen LogP contribution in [0.25, 0.3) is 0 Å². The van der Waals surface area contributed by atoms with Gasteiger partial charge in [0.15, 0.2) is 17.1 Å². The van der Waals surface area contributed by atoms with Gasteiger partial charge in [-0.25, -0.2) is 0 Å². The van der Waals surface area contributed by atoms with Crippen molar-refractivity contribution in [2.45, 2.75) is 45.5 Å². The molecule has 1 aromatic carbocycles. The van der Waals surface area contributed by atoms with Crippen LogP contribution >= 0.6 is 11.8 Å². The number of rotatable bonds is 7.